The van der Waals surface area contributed by atoms with Crippen LogP contribution in [-0.2, 0) is 4.79 Å². The quantitative estimate of drug-likeness (QED) is 0.642. The minimum Gasteiger partial charge on any atom is -0.483 e. The molecule has 26 heavy (non-hydrogen) atoms. The summed E-state index contributed by atoms with van der Waals surface area (Å²) < 4.78 is 27.1. The fourth-order valence-corrected chi connectivity index (χ4v) is 2.44. The van der Waals surface area contributed by atoms with E-state index in [2.05, 4.69) is 16.4 Å². The van der Waals surface area contributed by atoms with Gasteiger partial charge in [0, 0.05) is 11.3 Å². The van der Waals surface area contributed by atoms with Crippen LogP contribution in [0.1, 0.15) is 11.1 Å². The van der Waals surface area contributed by atoms with Gasteiger partial charge >= 0.3 is 0 Å². The van der Waals surface area contributed by atoms with Crippen molar-refractivity contribution in [1.82, 2.24) is 4.98 Å². The third-order valence-electron chi connectivity index (χ3n) is 3.65. The van der Waals surface area contributed by atoms with E-state index < -0.39 is 11.6 Å². The normalized spacial score (nSPS) is 9.85. The maximum absolute atomic E-state index is 13.8. The van der Waals surface area contributed by atoms with Gasteiger partial charge in [-0.1, -0.05) is 23.8 Å². The Labute approximate surface area is 150 Å². The molecular weight excluding hydrogens is 338 g/mol. The first kappa shape index (κ1) is 19.1. The molecule has 0 unspecified atom stereocenters. The Hall–Kier alpha value is -3.28. The fraction of sp³-hybridized carbons (Fsp3) is 0.100. The number of aromatic nitrogens is 1. The van der Waals surface area contributed by atoms with Gasteiger partial charge in [0.2, 0.25) is 0 Å². The smallest absolute Gasteiger partial charge is 0.290 e. The first-order valence-corrected chi connectivity index (χ1v) is 7.79. The predicted molar refractivity (Wildman–Crippen MR) is 97.5 cm³/mol. The molecule has 3 aromatic rings. The summed E-state index contributed by atoms with van der Waals surface area (Å²) in [4.78, 5) is 12.6. The molecule has 134 valence electrons. The first-order chi connectivity index (χ1) is 12.5. The van der Waals surface area contributed by atoms with Crippen molar-refractivity contribution in [2.75, 3.05) is 5.32 Å². The fourth-order valence-electron chi connectivity index (χ4n) is 2.44. The zero-order valence-electron chi connectivity index (χ0n) is 14.3. The SMILES string of the molecule is Cc1ccc(Nc2ccc(-c3cccc(F)c3F)nc2)c(C)c1.O=CO. The number of rotatable bonds is 3. The topological polar surface area (TPSA) is 62.2 Å². The number of anilines is 2. The van der Waals surface area contributed by atoms with Gasteiger partial charge in [0.25, 0.3) is 6.47 Å². The third-order valence-corrected chi connectivity index (χ3v) is 3.65. The number of halogens is 2. The highest BCUT2D eigenvalue weighted by Gasteiger charge is 2.10. The van der Waals surface area contributed by atoms with Crippen LogP contribution < -0.4 is 5.32 Å². The second-order valence-electron chi connectivity index (χ2n) is 5.58. The van der Waals surface area contributed by atoms with Crippen LogP contribution in [0.25, 0.3) is 11.3 Å². The molecule has 0 aliphatic rings. The van der Waals surface area contributed by atoms with Crippen LogP contribution in [0.5, 0.6) is 0 Å². The van der Waals surface area contributed by atoms with E-state index in [0.717, 1.165) is 23.0 Å². The van der Waals surface area contributed by atoms with Gasteiger partial charge in [-0.05, 0) is 49.7 Å². The van der Waals surface area contributed by atoms with Crippen molar-refractivity contribution in [3.63, 3.8) is 0 Å². The lowest BCUT2D eigenvalue weighted by Crippen LogP contribution is -1.96. The summed E-state index contributed by atoms with van der Waals surface area (Å²) in [6, 6.07) is 13.7. The molecule has 0 radical (unpaired) electrons. The molecule has 0 aliphatic carbocycles. The number of hydrogen-bond acceptors (Lipinski definition) is 3. The van der Waals surface area contributed by atoms with E-state index >= 15 is 0 Å². The summed E-state index contributed by atoms with van der Waals surface area (Å²) >= 11 is 0. The minimum absolute atomic E-state index is 0.156. The molecule has 0 fully saturated rings. The van der Waals surface area contributed by atoms with Gasteiger partial charge in [-0.3, -0.25) is 9.78 Å². The van der Waals surface area contributed by atoms with Crippen LogP contribution in [-0.4, -0.2) is 16.6 Å². The maximum atomic E-state index is 13.8. The zero-order valence-corrected chi connectivity index (χ0v) is 14.3. The van der Waals surface area contributed by atoms with Gasteiger partial charge in [-0.2, -0.15) is 0 Å². The van der Waals surface area contributed by atoms with E-state index in [1.807, 2.05) is 26.0 Å². The number of benzene rings is 2. The summed E-state index contributed by atoms with van der Waals surface area (Å²) in [5, 5.41) is 10.2. The number of nitrogens with zero attached hydrogens (tertiary/aromatic N) is 1. The average molecular weight is 356 g/mol. The van der Waals surface area contributed by atoms with Gasteiger partial charge in [-0.25, -0.2) is 8.78 Å². The molecule has 0 bridgehead atoms. The average Bonchev–Trinajstić information content (AvgIpc) is 2.61. The minimum atomic E-state index is -0.880. The molecule has 1 aromatic heterocycles. The highest BCUT2D eigenvalue weighted by Crippen LogP contribution is 2.25. The molecule has 6 heteroatoms. The molecule has 3 rings (SSSR count). The van der Waals surface area contributed by atoms with Crippen LogP contribution in [0.15, 0.2) is 54.7 Å². The van der Waals surface area contributed by atoms with E-state index in [9.17, 15) is 8.78 Å². The standard InChI is InChI=1S/C19H16F2N2.CH2O2/c1-12-6-8-17(13(2)10-12)23-14-7-9-18(22-11-14)15-4-3-5-16(20)19(15)21;2-1-3/h3-11,23H,1-2H3;1H,(H,2,3). The van der Waals surface area contributed by atoms with Gasteiger partial charge in [-0.15, -0.1) is 0 Å². The van der Waals surface area contributed by atoms with Crippen molar-refractivity contribution in [3.05, 3.63) is 77.5 Å². The molecule has 0 aliphatic heterocycles. The Morgan fingerprint density at radius 2 is 1.81 bits per heavy atom. The highest BCUT2D eigenvalue weighted by molar-refractivity contribution is 5.66. The van der Waals surface area contributed by atoms with Crippen molar-refractivity contribution in [1.29, 1.82) is 0 Å². The van der Waals surface area contributed by atoms with Crippen LogP contribution in [0.2, 0.25) is 0 Å². The van der Waals surface area contributed by atoms with Crippen LogP contribution >= 0.6 is 0 Å². The van der Waals surface area contributed by atoms with Crippen molar-refractivity contribution in [2.45, 2.75) is 13.8 Å². The molecule has 1 heterocycles. The first-order valence-electron chi connectivity index (χ1n) is 7.79. The van der Waals surface area contributed by atoms with E-state index in [-0.39, 0.29) is 12.0 Å². The van der Waals surface area contributed by atoms with E-state index in [1.54, 1.807) is 18.3 Å². The maximum Gasteiger partial charge on any atom is 0.290 e. The van der Waals surface area contributed by atoms with Crippen LogP contribution in [0.4, 0.5) is 20.2 Å². The second-order valence-corrected chi connectivity index (χ2v) is 5.58. The third kappa shape index (κ3) is 4.63. The number of nitrogens with one attached hydrogen (secondary N) is 1. The summed E-state index contributed by atoms with van der Waals surface area (Å²) in [6.07, 6.45) is 1.61. The molecule has 0 saturated carbocycles. The zero-order chi connectivity index (χ0) is 19.1. The molecule has 4 nitrogen and oxygen atoms in total. The van der Waals surface area contributed by atoms with Gasteiger partial charge < -0.3 is 10.4 Å². The Bertz CT molecular complexity index is 897. The lowest BCUT2D eigenvalue weighted by Gasteiger charge is -2.11. The van der Waals surface area contributed by atoms with E-state index in [0.29, 0.717) is 5.69 Å². The van der Waals surface area contributed by atoms with Gasteiger partial charge in [0.05, 0.1) is 17.6 Å². The molecule has 0 spiro atoms. The van der Waals surface area contributed by atoms with Crippen LogP contribution in [0, 0.1) is 25.5 Å². The number of hydrogen-bond donors (Lipinski definition) is 2. The van der Waals surface area contributed by atoms with Gasteiger partial charge in [0.15, 0.2) is 11.6 Å². The summed E-state index contributed by atoms with van der Waals surface area (Å²) in [7, 11) is 0. The van der Waals surface area contributed by atoms with Crippen LogP contribution in [0.3, 0.4) is 0 Å². The van der Waals surface area contributed by atoms with Crippen molar-refractivity contribution < 1.29 is 18.7 Å². The van der Waals surface area contributed by atoms with Crippen molar-refractivity contribution in [3.8, 4) is 11.3 Å². The van der Waals surface area contributed by atoms with E-state index in [4.69, 9.17) is 9.90 Å². The number of carboxylic acid groups (broad SMARTS) is 1. The molecular formula is C20H18F2N2O2. The van der Waals surface area contributed by atoms with E-state index in [1.165, 1.54) is 17.7 Å². The Morgan fingerprint density at radius 1 is 1.08 bits per heavy atom. The molecule has 0 saturated heterocycles. The molecule has 2 N–H and O–H groups in total. The van der Waals surface area contributed by atoms with Crippen molar-refractivity contribution >= 4 is 17.8 Å². The Kier molecular flexibility index (Phi) is 6.38. The number of carbonyl (C=O) groups is 1. The Balaban J connectivity index is 0.000000758. The second kappa shape index (κ2) is 8.71. The Morgan fingerprint density at radius 3 is 2.42 bits per heavy atom. The van der Waals surface area contributed by atoms with Gasteiger partial charge in [0.1, 0.15) is 0 Å². The lowest BCUT2D eigenvalue weighted by atomic mass is 10.1. The predicted octanol–water partition coefficient (Wildman–Crippen LogP) is 5.09. The monoisotopic (exact) mass is 356 g/mol. The molecule has 0 amide bonds. The summed E-state index contributed by atoms with van der Waals surface area (Å²) in [5.74, 6) is -1.75. The van der Waals surface area contributed by atoms with Crippen molar-refractivity contribution in [2.24, 2.45) is 0 Å². The summed E-state index contributed by atoms with van der Waals surface area (Å²) in [5.41, 5.74) is 4.66. The highest BCUT2D eigenvalue weighted by atomic mass is 19.2. The number of aryl methyl sites for hydroxylation is 2. The molecule has 2 aromatic carbocycles. The number of pyridine rings is 1. The lowest BCUT2D eigenvalue weighted by molar-refractivity contribution is -0.122. The summed E-state index contributed by atoms with van der Waals surface area (Å²) in [6.45, 7) is 3.82. The molecule has 0 atom stereocenters. The largest absolute Gasteiger partial charge is 0.483 e.